The number of piperidine rings is 1. The van der Waals surface area contributed by atoms with Gasteiger partial charge in [0.15, 0.2) is 0 Å². The summed E-state index contributed by atoms with van der Waals surface area (Å²) in [6, 6.07) is 0.899. The lowest BCUT2D eigenvalue weighted by molar-refractivity contribution is -0.137. The lowest BCUT2D eigenvalue weighted by atomic mass is 9.84. The Morgan fingerprint density at radius 3 is 2.00 bits per heavy atom. The van der Waals surface area contributed by atoms with E-state index in [4.69, 9.17) is 0 Å². The smallest absolute Gasteiger partial charge is 0.225 e. The summed E-state index contributed by atoms with van der Waals surface area (Å²) < 4.78 is 0. The second kappa shape index (κ2) is 10.3. The van der Waals surface area contributed by atoms with Crippen LogP contribution in [0.1, 0.15) is 77.0 Å². The highest BCUT2D eigenvalue weighted by Crippen LogP contribution is 2.30. The zero-order valence-corrected chi connectivity index (χ0v) is 18.0. The first kappa shape index (κ1) is 21.9. The van der Waals surface area contributed by atoms with Gasteiger partial charge < -0.3 is 15.5 Å². The van der Waals surface area contributed by atoms with Gasteiger partial charge in [-0.1, -0.05) is 12.8 Å². The van der Waals surface area contributed by atoms with Crippen molar-refractivity contribution in [3.05, 3.63) is 0 Å². The number of hydrogen-bond donors (Lipinski definition) is 2. The molecule has 3 saturated carbocycles. The van der Waals surface area contributed by atoms with Crippen molar-refractivity contribution in [1.82, 2.24) is 15.5 Å². The average molecular weight is 412 g/mol. The minimum absolute atomic E-state index is 0. The van der Waals surface area contributed by atoms with Crippen molar-refractivity contribution in [3.8, 4) is 0 Å². The molecule has 28 heavy (non-hydrogen) atoms. The van der Waals surface area contributed by atoms with E-state index in [0.717, 1.165) is 70.4 Å². The molecular formula is C22H38ClN3O2. The molecule has 5 nitrogen and oxygen atoms in total. The maximum absolute atomic E-state index is 12.9. The Morgan fingerprint density at radius 2 is 1.39 bits per heavy atom. The Hall–Kier alpha value is -0.810. The third-order valence-electron chi connectivity index (χ3n) is 7.35. The average Bonchev–Trinajstić information content (AvgIpc) is 3.37. The molecule has 4 rings (SSSR count). The molecule has 3 aliphatic carbocycles. The Labute approximate surface area is 176 Å². The van der Waals surface area contributed by atoms with Crippen LogP contribution in [-0.4, -0.2) is 48.4 Å². The number of carbonyl (C=O) groups is 2. The summed E-state index contributed by atoms with van der Waals surface area (Å²) in [5, 5.41) is 6.95. The van der Waals surface area contributed by atoms with Crippen LogP contribution in [0.2, 0.25) is 0 Å². The maximum atomic E-state index is 12.9. The fourth-order valence-corrected chi connectivity index (χ4v) is 5.21. The van der Waals surface area contributed by atoms with Gasteiger partial charge in [0.2, 0.25) is 11.8 Å². The fourth-order valence-electron chi connectivity index (χ4n) is 5.21. The van der Waals surface area contributed by atoms with Crippen LogP contribution < -0.4 is 10.6 Å². The zero-order chi connectivity index (χ0) is 18.6. The summed E-state index contributed by atoms with van der Waals surface area (Å²) in [4.78, 5) is 27.3. The maximum Gasteiger partial charge on any atom is 0.225 e. The van der Waals surface area contributed by atoms with Gasteiger partial charge in [-0.2, -0.15) is 0 Å². The summed E-state index contributed by atoms with van der Waals surface area (Å²) >= 11 is 0. The van der Waals surface area contributed by atoms with E-state index in [1.807, 2.05) is 0 Å². The predicted molar refractivity (Wildman–Crippen MR) is 113 cm³/mol. The van der Waals surface area contributed by atoms with Crippen molar-refractivity contribution >= 4 is 24.2 Å². The van der Waals surface area contributed by atoms with Gasteiger partial charge >= 0.3 is 0 Å². The molecule has 0 atom stereocenters. The van der Waals surface area contributed by atoms with Gasteiger partial charge in [-0.05, 0) is 76.7 Å². The number of carbonyl (C=O) groups excluding carboxylic acids is 2. The van der Waals surface area contributed by atoms with Gasteiger partial charge in [0.25, 0.3) is 0 Å². The number of nitrogens with one attached hydrogen (secondary N) is 2. The van der Waals surface area contributed by atoms with Crippen LogP contribution in [0.5, 0.6) is 0 Å². The molecule has 0 aromatic carbocycles. The van der Waals surface area contributed by atoms with E-state index >= 15 is 0 Å². The fraction of sp³-hybridized carbons (Fsp3) is 0.909. The van der Waals surface area contributed by atoms with Gasteiger partial charge in [-0.15, -0.1) is 12.4 Å². The van der Waals surface area contributed by atoms with Gasteiger partial charge in [0, 0.05) is 37.0 Å². The van der Waals surface area contributed by atoms with Crippen LogP contribution in [-0.2, 0) is 9.59 Å². The molecule has 0 radical (unpaired) electrons. The molecule has 1 heterocycles. The second-order valence-corrected chi connectivity index (χ2v) is 9.49. The first-order valence-corrected chi connectivity index (χ1v) is 11.5. The summed E-state index contributed by atoms with van der Waals surface area (Å²) in [5.74, 6) is 1.99. The minimum Gasteiger partial charge on any atom is -0.353 e. The van der Waals surface area contributed by atoms with Gasteiger partial charge in [0.1, 0.15) is 0 Å². The lowest BCUT2D eigenvalue weighted by Crippen LogP contribution is -2.48. The molecule has 1 aliphatic heterocycles. The summed E-state index contributed by atoms with van der Waals surface area (Å²) in [6.07, 6.45) is 13.3. The monoisotopic (exact) mass is 411 g/mol. The minimum atomic E-state index is 0. The number of amides is 2. The predicted octanol–water partition coefficient (Wildman–Crippen LogP) is 3.26. The molecule has 1 saturated heterocycles. The molecule has 160 valence electrons. The van der Waals surface area contributed by atoms with Gasteiger partial charge in [-0.25, -0.2) is 0 Å². The van der Waals surface area contributed by atoms with Crippen LogP contribution >= 0.6 is 12.4 Å². The van der Waals surface area contributed by atoms with Crippen LogP contribution in [0.25, 0.3) is 0 Å². The first-order valence-electron chi connectivity index (χ1n) is 11.5. The molecule has 6 heteroatoms. The van der Waals surface area contributed by atoms with Crippen molar-refractivity contribution in [2.45, 2.75) is 89.1 Å². The van der Waals surface area contributed by atoms with E-state index < -0.39 is 0 Å². The molecule has 2 N–H and O–H groups in total. The van der Waals surface area contributed by atoms with Gasteiger partial charge in [0.05, 0.1) is 0 Å². The number of nitrogens with zero attached hydrogens (tertiary/aromatic N) is 1. The Bertz CT molecular complexity index is 518. The standard InChI is InChI=1S/C22H37N3O2.ClH/c26-21(17-3-1-2-4-17)24-20-9-7-18(8-10-20)22(27)25-13-11-19(12-14-25)23-15-16-5-6-16;/h16-20,23H,1-15H2,(H,24,26);1H. The molecule has 4 fully saturated rings. The van der Waals surface area contributed by atoms with Crippen molar-refractivity contribution < 1.29 is 9.59 Å². The second-order valence-electron chi connectivity index (χ2n) is 9.49. The number of likely N-dealkylation sites (tertiary alicyclic amines) is 1. The molecule has 0 bridgehead atoms. The largest absolute Gasteiger partial charge is 0.353 e. The number of rotatable bonds is 6. The van der Waals surface area contributed by atoms with E-state index in [2.05, 4.69) is 15.5 Å². The van der Waals surface area contributed by atoms with E-state index in [0.29, 0.717) is 18.0 Å². The summed E-state index contributed by atoms with van der Waals surface area (Å²) in [5.41, 5.74) is 0. The molecule has 4 aliphatic rings. The van der Waals surface area contributed by atoms with E-state index in [1.54, 1.807) is 0 Å². The molecule has 0 unspecified atom stereocenters. The Morgan fingerprint density at radius 1 is 0.750 bits per heavy atom. The molecule has 0 aromatic heterocycles. The highest BCUT2D eigenvalue weighted by molar-refractivity contribution is 5.85. The van der Waals surface area contributed by atoms with Crippen molar-refractivity contribution in [2.24, 2.45) is 17.8 Å². The SMILES string of the molecule is Cl.O=C(NC1CCC(C(=O)N2CCC(NCC3CC3)CC2)CC1)C1CCCC1. The van der Waals surface area contributed by atoms with Crippen LogP contribution in [0, 0.1) is 17.8 Å². The molecular weight excluding hydrogens is 374 g/mol. The highest BCUT2D eigenvalue weighted by Gasteiger charge is 2.33. The van der Waals surface area contributed by atoms with Crippen molar-refractivity contribution in [2.75, 3.05) is 19.6 Å². The van der Waals surface area contributed by atoms with Crippen LogP contribution in [0.4, 0.5) is 0 Å². The van der Waals surface area contributed by atoms with E-state index in [-0.39, 0.29) is 30.2 Å². The van der Waals surface area contributed by atoms with E-state index in [1.165, 1.54) is 32.2 Å². The first-order chi connectivity index (χ1) is 13.2. The molecule has 0 spiro atoms. The Kier molecular flexibility index (Phi) is 8.04. The van der Waals surface area contributed by atoms with Crippen LogP contribution in [0.3, 0.4) is 0 Å². The lowest BCUT2D eigenvalue weighted by Gasteiger charge is -2.37. The quantitative estimate of drug-likeness (QED) is 0.705. The third kappa shape index (κ3) is 5.85. The van der Waals surface area contributed by atoms with Crippen molar-refractivity contribution in [1.29, 1.82) is 0 Å². The summed E-state index contributed by atoms with van der Waals surface area (Å²) in [7, 11) is 0. The summed E-state index contributed by atoms with van der Waals surface area (Å²) in [6.45, 7) is 3.01. The topological polar surface area (TPSA) is 61.4 Å². The number of halogens is 1. The Balaban J connectivity index is 0.00000225. The zero-order valence-electron chi connectivity index (χ0n) is 17.2. The van der Waals surface area contributed by atoms with Crippen LogP contribution in [0.15, 0.2) is 0 Å². The van der Waals surface area contributed by atoms with E-state index in [9.17, 15) is 9.59 Å². The number of hydrogen-bond acceptors (Lipinski definition) is 3. The molecule has 0 aromatic rings. The van der Waals surface area contributed by atoms with Gasteiger partial charge in [-0.3, -0.25) is 9.59 Å². The third-order valence-corrected chi connectivity index (χ3v) is 7.35. The molecule has 2 amide bonds. The normalized spacial score (nSPS) is 29.4. The van der Waals surface area contributed by atoms with Crippen molar-refractivity contribution in [3.63, 3.8) is 0 Å². The highest BCUT2D eigenvalue weighted by atomic mass is 35.5.